The maximum atomic E-state index is 13.1. The van der Waals surface area contributed by atoms with Crippen LogP contribution in [0, 0.1) is 12.7 Å². The van der Waals surface area contributed by atoms with Crippen molar-refractivity contribution in [1.29, 1.82) is 0 Å². The monoisotopic (exact) mass is 248 g/mol. The van der Waals surface area contributed by atoms with Gasteiger partial charge in [0.1, 0.15) is 5.82 Å². The molecule has 0 fully saturated rings. The minimum Gasteiger partial charge on any atom is -0.399 e. The molecular formula is C12H13FN4O. The molecule has 0 radical (unpaired) electrons. The Labute approximate surface area is 103 Å². The Kier molecular flexibility index (Phi) is 3.01. The smallest absolute Gasteiger partial charge is 0.259 e. The first kappa shape index (κ1) is 12.1. The molecule has 0 aliphatic heterocycles. The molecule has 2 rings (SSSR count). The van der Waals surface area contributed by atoms with E-state index in [4.69, 9.17) is 5.73 Å². The summed E-state index contributed by atoms with van der Waals surface area (Å²) in [5.74, 6) is -0.834. The van der Waals surface area contributed by atoms with Crippen molar-refractivity contribution in [2.75, 3.05) is 11.1 Å². The molecule has 2 aromatic rings. The van der Waals surface area contributed by atoms with Crippen molar-refractivity contribution in [3.8, 4) is 0 Å². The largest absolute Gasteiger partial charge is 0.399 e. The van der Waals surface area contributed by atoms with E-state index >= 15 is 0 Å². The van der Waals surface area contributed by atoms with Crippen LogP contribution in [-0.2, 0) is 7.05 Å². The summed E-state index contributed by atoms with van der Waals surface area (Å²) in [5.41, 5.74) is 7.26. The van der Waals surface area contributed by atoms with Crippen molar-refractivity contribution in [3.63, 3.8) is 0 Å². The van der Waals surface area contributed by atoms with Gasteiger partial charge >= 0.3 is 0 Å². The fraction of sp³-hybridized carbons (Fsp3) is 0.167. The van der Waals surface area contributed by atoms with E-state index in [1.165, 1.54) is 24.4 Å². The van der Waals surface area contributed by atoms with Gasteiger partial charge in [0.2, 0.25) is 0 Å². The number of nitrogens with two attached hydrogens (primary N) is 1. The van der Waals surface area contributed by atoms with E-state index in [0.717, 1.165) is 5.69 Å². The third kappa shape index (κ3) is 2.32. The molecule has 0 atom stereocenters. The minimum atomic E-state index is -0.492. The Morgan fingerprint density at radius 1 is 1.44 bits per heavy atom. The van der Waals surface area contributed by atoms with E-state index in [-0.39, 0.29) is 11.6 Å². The molecule has 0 saturated heterocycles. The lowest BCUT2D eigenvalue weighted by Gasteiger charge is -2.06. The Balaban J connectivity index is 2.24. The molecule has 0 aliphatic carbocycles. The highest BCUT2D eigenvalue weighted by molar-refractivity contribution is 6.05. The number of hydrogen-bond donors (Lipinski definition) is 2. The van der Waals surface area contributed by atoms with Gasteiger partial charge in [0.15, 0.2) is 0 Å². The van der Waals surface area contributed by atoms with Crippen molar-refractivity contribution < 1.29 is 9.18 Å². The number of anilines is 2. The second-order valence-electron chi connectivity index (χ2n) is 3.99. The summed E-state index contributed by atoms with van der Waals surface area (Å²) in [6, 6.07) is 3.89. The third-order valence-corrected chi connectivity index (χ3v) is 2.66. The standard InChI is InChI=1S/C12H13FN4O/c1-7-11(6-15-17(7)2)12(18)16-10-4-8(13)3-9(14)5-10/h3-6H,14H2,1-2H3,(H,16,18). The van der Waals surface area contributed by atoms with Crippen molar-refractivity contribution in [1.82, 2.24) is 9.78 Å². The number of carbonyl (C=O) groups is 1. The zero-order chi connectivity index (χ0) is 13.3. The van der Waals surface area contributed by atoms with Crippen molar-refractivity contribution >= 4 is 17.3 Å². The average Bonchev–Trinajstić information content (AvgIpc) is 2.58. The van der Waals surface area contributed by atoms with Gasteiger partial charge in [-0.2, -0.15) is 5.10 Å². The predicted octanol–water partition coefficient (Wildman–Crippen LogP) is 1.70. The van der Waals surface area contributed by atoms with Crippen LogP contribution < -0.4 is 11.1 Å². The van der Waals surface area contributed by atoms with Gasteiger partial charge in [0, 0.05) is 24.1 Å². The molecule has 5 nitrogen and oxygen atoms in total. The first-order valence-corrected chi connectivity index (χ1v) is 5.33. The van der Waals surface area contributed by atoms with E-state index < -0.39 is 5.82 Å². The number of halogens is 1. The number of aryl methyl sites for hydroxylation is 1. The topological polar surface area (TPSA) is 72.9 Å². The number of amides is 1. The van der Waals surface area contributed by atoms with Crippen molar-refractivity contribution in [2.45, 2.75) is 6.92 Å². The van der Waals surface area contributed by atoms with Gasteiger partial charge in [0.05, 0.1) is 11.8 Å². The van der Waals surface area contributed by atoms with Crippen LogP contribution in [0.1, 0.15) is 16.1 Å². The Bertz CT molecular complexity index is 586. The van der Waals surface area contributed by atoms with E-state index in [1.54, 1.807) is 18.7 Å². The Morgan fingerprint density at radius 3 is 2.72 bits per heavy atom. The Hall–Kier alpha value is -2.37. The van der Waals surface area contributed by atoms with Crippen LogP contribution in [0.2, 0.25) is 0 Å². The van der Waals surface area contributed by atoms with Gasteiger partial charge in [-0.05, 0) is 25.1 Å². The molecule has 0 aliphatic rings. The van der Waals surface area contributed by atoms with E-state index in [2.05, 4.69) is 10.4 Å². The summed E-state index contributed by atoms with van der Waals surface area (Å²) in [6.45, 7) is 1.78. The number of benzene rings is 1. The lowest BCUT2D eigenvalue weighted by molar-refractivity contribution is 0.102. The van der Waals surface area contributed by atoms with E-state index in [9.17, 15) is 9.18 Å². The number of nitrogen functional groups attached to an aromatic ring is 1. The molecule has 0 spiro atoms. The first-order chi connectivity index (χ1) is 8.47. The number of rotatable bonds is 2. The van der Waals surface area contributed by atoms with Crippen LogP contribution in [0.4, 0.5) is 15.8 Å². The molecule has 0 unspecified atom stereocenters. The second-order valence-corrected chi connectivity index (χ2v) is 3.99. The molecule has 0 saturated carbocycles. The summed E-state index contributed by atoms with van der Waals surface area (Å²) in [6.07, 6.45) is 1.47. The Morgan fingerprint density at radius 2 is 2.17 bits per heavy atom. The van der Waals surface area contributed by atoms with Gasteiger partial charge in [-0.1, -0.05) is 0 Å². The fourth-order valence-electron chi connectivity index (χ4n) is 1.60. The minimum absolute atomic E-state index is 0.258. The van der Waals surface area contributed by atoms with Crippen LogP contribution in [0.15, 0.2) is 24.4 Å². The highest BCUT2D eigenvalue weighted by Gasteiger charge is 2.13. The SMILES string of the molecule is Cc1c(C(=O)Nc2cc(N)cc(F)c2)cnn1C. The quantitative estimate of drug-likeness (QED) is 0.794. The number of carbonyl (C=O) groups excluding carboxylic acids is 1. The average molecular weight is 248 g/mol. The van der Waals surface area contributed by atoms with E-state index in [0.29, 0.717) is 11.3 Å². The van der Waals surface area contributed by atoms with Crippen LogP contribution in [0.25, 0.3) is 0 Å². The lowest BCUT2D eigenvalue weighted by atomic mass is 10.2. The first-order valence-electron chi connectivity index (χ1n) is 5.33. The molecule has 1 heterocycles. The summed E-state index contributed by atoms with van der Waals surface area (Å²) in [4.78, 5) is 11.9. The van der Waals surface area contributed by atoms with E-state index in [1.807, 2.05) is 0 Å². The fourth-order valence-corrected chi connectivity index (χ4v) is 1.60. The summed E-state index contributed by atoms with van der Waals surface area (Å²) in [5, 5.41) is 6.55. The number of nitrogens with one attached hydrogen (secondary N) is 1. The number of nitrogens with zero attached hydrogens (tertiary/aromatic N) is 2. The molecule has 0 bridgehead atoms. The van der Waals surface area contributed by atoms with Crippen LogP contribution >= 0.6 is 0 Å². The van der Waals surface area contributed by atoms with Gasteiger partial charge in [-0.3, -0.25) is 9.48 Å². The molecule has 1 aromatic carbocycles. The molecule has 1 aromatic heterocycles. The molecule has 6 heteroatoms. The summed E-state index contributed by atoms with van der Waals surface area (Å²) >= 11 is 0. The van der Waals surface area contributed by atoms with Crippen LogP contribution in [-0.4, -0.2) is 15.7 Å². The van der Waals surface area contributed by atoms with Crippen LogP contribution in [0.3, 0.4) is 0 Å². The number of hydrogen-bond acceptors (Lipinski definition) is 3. The zero-order valence-electron chi connectivity index (χ0n) is 10.1. The van der Waals surface area contributed by atoms with Crippen molar-refractivity contribution in [3.05, 3.63) is 41.5 Å². The normalized spacial score (nSPS) is 10.4. The van der Waals surface area contributed by atoms with Gasteiger partial charge in [0.25, 0.3) is 5.91 Å². The summed E-state index contributed by atoms with van der Waals surface area (Å²) in [7, 11) is 1.74. The molecular weight excluding hydrogens is 235 g/mol. The number of aromatic nitrogens is 2. The van der Waals surface area contributed by atoms with Crippen molar-refractivity contribution in [2.24, 2.45) is 7.05 Å². The van der Waals surface area contributed by atoms with Gasteiger partial charge < -0.3 is 11.1 Å². The highest BCUT2D eigenvalue weighted by Crippen LogP contribution is 2.17. The van der Waals surface area contributed by atoms with Crippen LogP contribution in [0.5, 0.6) is 0 Å². The zero-order valence-corrected chi connectivity index (χ0v) is 10.1. The highest BCUT2D eigenvalue weighted by atomic mass is 19.1. The molecule has 1 amide bonds. The maximum Gasteiger partial charge on any atom is 0.259 e. The lowest BCUT2D eigenvalue weighted by Crippen LogP contribution is -2.13. The molecule has 94 valence electrons. The maximum absolute atomic E-state index is 13.1. The van der Waals surface area contributed by atoms with Gasteiger partial charge in [-0.15, -0.1) is 0 Å². The predicted molar refractivity (Wildman–Crippen MR) is 66.7 cm³/mol. The molecule has 3 N–H and O–H groups in total. The second kappa shape index (κ2) is 4.48. The van der Waals surface area contributed by atoms with Gasteiger partial charge in [-0.25, -0.2) is 4.39 Å². The summed E-state index contributed by atoms with van der Waals surface area (Å²) < 4.78 is 14.7. The molecule has 18 heavy (non-hydrogen) atoms. The third-order valence-electron chi connectivity index (χ3n) is 2.66.